The van der Waals surface area contributed by atoms with Crippen molar-refractivity contribution in [1.29, 1.82) is 0 Å². The van der Waals surface area contributed by atoms with Crippen LogP contribution in [-0.4, -0.2) is 62.7 Å². The van der Waals surface area contributed by atoms with Crippen LogP contribution in [-0.2, 0) is 54.0 Å². The summed E-state index contributed by atoms with van der Waals surface area (Å²) in [6.07, 6.45) is 20.1. The van der Waals surface area contributed by atoms with Crippen LogP contribution < -0.4 is 16.0 Å². The second kappa shape index (κ2) is 35.3. The highest BCUT2D eigenvalue weighted by molar-refractivity contribution is 6.80. The maximum atomic E-state index is 15.3. The average Bonchev–Trinajstić information content (AvgIpc) is 2.20. The minimum Gasteiger partial charge on any atom is -0.516 e. The Labute approximate surface area is 534 Å². The maximum absolute atomic E-state index is 15.3. The molecule has 4 atom stereocenters. The molecule has 10 nitrogen and oxygen atoms in total. The van der Waals surface area contributed by atoms with Gasteiger partial charge in [0.2, 0.25) is 11.8 Å². The zero-order valence-electron chi connectivity index (χ0n) is 54.7. The van der Waals surface area contributed by atoms with E-state index in [1.54, 1.807) is 0 Å². The number of ketones is 1. The molecule has 3 amide bonds. The monoisotopic (exact) mass is 1220 g/mol. The quantitative estimate of drug-likeness (QED) is 0.0261. The molecule has 0 aromatic heterocycles. The molecule has 11 heteroatoms. The number of amides is 3. The van der Waals surface area contributed by atoms with E-state index in [0.29, 0.717) is 0 Å². The third-order valence-corrected chi connectivity index (χ3v) is 24.8. The van der Waals surface area contributed by atoms with Gasteiger partial charge in [0, 0.05) is 31.1 Å². The van der Waals surface area contributed by atoms with E-state index >= 15 is 14.4 Å². The van der Waals surface area contributed by atoms with Gasteiger partial charge in [0.15, 0.2) is 5.78 Å². The van der Waals surface area contributed by atoms with Crippen molar-refractivity contribution in [3.63, 3.8) is 0 Å². The fraction of sp³-hybridized carbons (Fsp3) is 0.474. The minimum atomic E-state index is -2.99. The fourth-order valence-corrected chi connectivity index (χ4v) is 19.2. The molecule has 1 aliphatic carbocycles. The average molecular weight is 1220 g/mol. The van der Waals surface area contributed by atoms with Crippen molar-refractivity contribution in [3.8, 4) is 11.1 Å². The van der Waals surface area contributed by atoms with E-state index in [1.165, 1.54) is 83.5 Å². The number of hydrogen-bond acceptors (Lipinski definition) is 7. The van der Waals surface area contributed by atoms with Gasteiger partial charge in [-0.05, 0) is 73.5 Å². The lowest BCUT2D eigenvalue weighted by molar-refractivity contribution is -0.142. The first kappa shape index (κ1) is 69.4. The highest BCUT2D eigenvalue weighted by atomic mass is 28.4. The van der Waals surface area contributed by atoms with Gasteiger partial charge in [0.1, 0.15) is 18.7 Å². The van der Waals surface area contributed by atoms with Crippen LogP contribution >= 0.6 is 0 Å². The highest BCUT2D eigenvalue weighted by Gasteiger charge is 2.57. The number of Topliss-reactive ketones (excluding diaryl/α,β-unsaturated/α-hetero) is 1. The standard InChI is InChI=1S/C78H103N3O7Si/c1-8-9-10-11-12-13-14-15-16-17-18-19-20-21-22-39-52-89(77(2,3)4,78(5,6)7)88-75(85)71(56-62-46-33-26-34-47-62)80-73(83)63(53-59-40-27-23-28-41-59)57-72(82)69(54-60-42-29-24-30-43-60)79-74(84)70(55-61-44-31-25-32-45-61)81-76(86)87-58-68-66-50-37-35-48-64(66)65-49-36-38-51-67(65)68/h23-38,40-51,63,68-71H,8-22,39,52-58H2,1-7H3,(H,79,84)(H,80,83)(H,81,86)/t63-,69+,70+,71+/m1/s1. The number of rotatable bonds is 37. The Hall–Kier alpha value is -7.11. The number of carbonyl (C=O) groups is 5. The Morgan fingerprint density at radius 3 is 1.24 bits per heavy atom. The molecular formula is C78H103N3O7Si. The van der Waals surface area contributed by atoms with Crippen molar-refractivity contribution in [2.75, 3.05) is 6.61 Å². The molecule has 3 N–H and O–H groups in total. The van der Waals surface area contributed by atoms with Gasteiger partial charge >= 0.3 is 12.1 Å². The van der Waals surface area contributed by atoms with E-state index in [2.05, 4.69) is 88.7 Å². The number of hydrogen-bond donors (Lipinski definition) is 3. The molecule has 1 aliphatic rings. The first-order valence-corrected chi connectivity index (χ1v) is 35.7. The van der Waals surface area contributed by atoms with Crippen LogP contribution in [0.3, 0.4) is 0 Å². The van der Waals surface area contributed by atoms with Gasteiger partial charge in [-0.25, -0.2) is 4.79 Å². The summed E-state index contributed by atoms with van der Waals surface area (Å²) in [5.74, 6) is -2.99. The summed E-state index contributed by atoms with van der Waals surface area (Å²) in [7, 11) is -2.99. The molecule has 0 radical (unpaired) electrons. The third-order valence-electron chi connectivity index (χ3n) is 18.3. The summed E-state index contributed by atoms with van der Waals surface area (Å²) in [5, 5.41) is 8.45. The molecule has 6 aromatic rings. The normalized spacial score (nSPS) is 13.7. The Balaban J connectivity index is 1.07. The third kappa shape index (κ3) is 21.3. The lowest BCUT2D eigenvalue weighted by Gasteiger charge is -2.50. The molecule has 0 aliphatic heterocycles. The van der Waals surface area contributed by atoms with Crippen LogP contribution in [0.4, 0.5) is 4.79 Å². The zero-order valence-corrected chi connectivity index (χ0v) is 55.7. The summed E-state index contributed by atoms with van der Waals surface area (Å²) in [6, 6.07) is 51.9. The molecule has 476 valence electrons. The SMILES string of the molecule is CCCCCCCCCCCCCCCCCC[Si](OC(=O)[C@H](Cc1ccccc1)NC(=O)[C@@H](CC(=O)[C@H](Cc1ccccc1)NC(=O)[C@H](Cc1ccccc1)NC(=O)OCC1c2ccccc2-c2ccccc21)Cc1ccccc1)(C(C)(C)C)C(C)(C)C. The summed E-state index contributed by atoms with van der Waals surface area (Å²) < 4.78 is 13.1. The number of nitrogens with one attached hydrogen (secondary N) is 3. The highest BCUT2D eigenvalue weighted by Crippen LogP contribution is 2.55. The van der Waals surface area contributed by atoms with Crippen molar-refractivity contribution in [3.05, 3.63) is 203 Å². The van der Waals surface area contributed by atoms with Crippen molar-refractivity contribution in [1.82, 2.24) is 16.0 Å². The van der Waals surface area contributed by atoms with Gasteiger partial charge in [0.05, 0.1) is 6.04 Å². The van der Waals surface area contributed by atoms with Gasteiger partial charge in [-0.15, -0.1) is 0 Å². The lowest BCUT2D eigenvalue weighted by Crippen LogP contribution is -2.58. The number of ether oxygens (including phenoxy) is 1. The zero-order chi connectivity index (χ0) is 63.5. The van der Waals surface area contributed by atoms with E-state index in [4.69, 9.17) is 9.16 Å². The topological polar surface area (TPSA) is 140 Å². The number of fused-ring (bicyclic) bond motifs is 3. The van der Waals surface area contributed by atoms with E-state index in [-0.39, 0.29) is 60.5 Å². The maximum Gasteiger partial charge on any atom is 0.407 e. The molecule has 0 saturated heterocycles. The van der Waals surface area contributed by atoms with Crippen molar-refractivity contribution >= 4 is 38.0 Å². The molecule has 0 saturated carbocycles. The number of alkyl carbamates (subject to hydrolysis) is 1. The van der Waals surface area contributed by atoms with Crippen LogP contribution in [0.2, 0.25) is 16.1 Å². The molecular weight excluding hydrogens is 1120 g/mol. The first-order chi connectivity index (χ1) is 43.0. The van der Waals surface area contributed by atoms with Gasteiger partial charge in [-0.1, -0.05) is 321 Å². The van der Waals surface area contributed by atoms with Crippen LogP contribution in [0.15, 0.2) is 170 Å². The Kier molecular flexibility index (Phi) is 27.5. The van der Waals surface area contributed by atoms with Gasteiger partial charge < -0.3 is 25.1 Å². The molecule has 6 aromatic carbocycles. The second-order valence-corrected chi connectivity index (χ2v) is 32.4. The second-order valence-electron chi connectivity index (χ2n) is 27.1. The number of benzene rings is 6. The Bertz CT molecular complexity index is 3050. The minimum absolute atomic E-state index is 0.0546. The predicted molar refractivity (Wildman–Crippen MR) is 365 cm³/mol. The van der Waals surface area contributed by atoms with Crippen molar-refractivity contribution in [2.45, 2.75) is 223 Å². The summed E-state index contributed by atoms with van der Waals surface area (Å²) in [6.45, 7) is 15.6. The lowest BCUT2D eigenvalue weighted by atomic mass is 9.89. The molecule has 89 heavy (non-hydrogen) atoms. The van der Waals surface area contributed by atoms with E-state index in [9.17, 15) is 9.59 Å². The van der Waals surface area contributed by atoms with Gasteiger partial charge in [0.25, 0.3) is 8.32 Å². The summed E-state index contributed by atoms with van der Waals surface area (Å²) in [4.78, 5) is 74.7. The smallest absolute Gasteiger partial charge is 0.407 e. The van der Waals surface area contributed by atoms with E-state index < -0.39 is 56.2 Å². The van der Waals surface area contributed by atoms with Crippen molar-refractivity contribution < 1.29 is 33.1 Å². The van der Waals surface area contributed by atoms with Crippen LogP contribution in [0.1, 0.15) is 197 Å². The summed E-state index contributed by atoms with van der Waals surface area (Å²) >= 11 is 0. The largest absolute Gasteiger partial charge is 0.516 e. The molecule has 0 bridgehead atoms. The first-order valence-electron chi connectivity index (χ1n) is 33.6. The predicted octanol–water partition coefficient (Wildman–Crippen LogP) is 17.8. The number of unbranched alkanes of at least 4 members (excludes halogenated alkanes) is 15. The molecule has 0 spiro atoms. The molecule has 0 heterocycles. The van der Waals surface area contributed by atoms with Crippen molar-refractivity contribution in [2.24, 2.45) is 5.92 Å². The van der Waals surface area contributed by atoms with Crippen LogP contribution in [0.5, 0.6) is 0 Å². The molecule has 0 fully saturated rings. The Morgan fingerprint density at radius 2 is 0.798 bits per heavy atom. The number of carbonyl (C=O) groups excluding carboxylic acids is 5. The molecule has 0 unspecified atom stereocenters. The fourth-order valence-electron chi connectivity index (χ4n) is 13.5. The van der Waals surface area contributed by atoms with Gasteiger partial charge in [-0.2, -0.15) is 0 Å². The molecule has 7 rings (SSSR count). The van der Waals surface area contributed by atoms with Crippen LogP contribution in [0.25, 0.3) is 11.1 Å². The van der Waals surface area contributed by atoms with E-state index in [1.807, 2.05) is 146 Å². The van der Waals surface area contributed by atoms with Crippen LogP contribution in [0, 0.1) is 5.92 Å². The van der Waals surface area contributed by atoms with E-state index in [0.717, 1.165) is 69.8 Å². The van der Waals surface area contributed by atoms with Gasteiger partial charge in [-0.3, -0.25) is 19.2 Å². The Morgan fingerprint density at radius 1 is 0.427 bits per heavy atom. The summed E-state index contributed by atoms with van der Waals surface area (Å²) in [5.41, 5.74) is 7.63.